The fourth-order valence-corrected chi connectivity index (χ4v) is 4.12. The summed E-state index contributed by atoms with van der Waals surface area (Å²) in [7, 11) is 0. The minimum absolute atomic E-state index is 0.198. The Bertz CT molecular complexity index is 846. The monoisotopic (exact) mass is 379 g/mol. The highest BCUT2D eigenvalue weighted by Crippen LogP contribution is 2.37. The second kappa shape index (κ2) is 6.48. The Morgan fingerprint density at radius 3 is 2.59 bits per heavy atom. The van der Waals surface area contributed by atoms with E-state index in [9.17, 15) is 18.3 Å². The van der Waals surface area contributed by atoms with Crippen LogP contribution >= 0.6 is 0 Å². The molecular formula is C20H24F3N3O. The van der Waals surface area contributed by atoms with Crippen molar-refractivity contribution in [3.8, 4) is 0 Å². The number of anilines is 1. The summed E-state index contributed by atoms with van der Waals surface area (Å²) in [6.45, 7) is 1.16. The first-order valence-corrected chi connectivity index (χ1v) is 9.29. The van der Waals surface area contributed by atoms with Gasteiger partial charge in [-0.2, -0.15) is 13.2 Å². The van der Waals surface area contributed by atoms with Gasteiger partial charge in [0.25, 0.3) is 0 Å². The summed E-state index contributed by atoms with van der Waals surface area (Å²) in [4.78, 5) is 3.07. The molecule has 0 spiro atoms. The molecule has 1 aliphatic heterocycles. The molecule has 0 amide bonds. The van der Waals surface area contributed by atoms with Crippen molar-refractivity contribution in [1.82, 2.24) is 9.47 Å². The molecule has 4 rings (SSSR count). The average Bonchev–Trinajstić information content (AvgIpc) is 3.20. The highest BCUT2D eigenvalue weighted by atomic mass is 19.4. The van der Waals surface area contributed by atoms with Gasteiger partial charge in [-0.3, -0.25) is 0 Å². The molecule has 7 heteroatoms. The molecule has 2 aliphatic rings. The first kappa shape index (κ1) is 18.2. The molecule has 1 aromatic carbocycles. The topological polar surface area (TPSA) is 31.6 Å². The third-order valence-corrected chi connectivity index (χ3v) is 5.64. The fourth-order valence-electron chi connectivity index (χ4n) is 4.12. The molecule has 0 saturated heterocycles. The number of nitrogens with zero attached hydrogens (tertiary/aromatic N) is 3. The van der Waals surface area contributed by atoms with E-state index in [-0.39, 0.29) is 6.67 Å². The lowest BCUT2D eigenvalue weighted by molar-refractivity contribution is -0.139. The Balaban J connectivity index is 1.49. The van der Waals surface area contributed by atoms with Crippen LogP contribution in [0.1, 0.15) is 38.6 Å². The molecule has 0 bridgehead atoms. The zero-order valence-electron chi connectivity index (χ0n) is 15.3. The van der Waals surface area contributed by atoms with Gasteiger partial charge in [-0.05, 0) is 56.9 Å². The number of aromatic nitrogens is 1. The first-order chi connectivity index (χ1) is 12.7. The van der Waals surface area contributed by atoms with Crippen molar-refractivity contribution < 1.29 is 18.3 Å². The molecule has 1 aromatic heterocycles. The molecule has 1 aliphatic carbocycles. The lowest BCUT2D eigenvalue weighted by atomic mass is 9.83. The van der Waals surface area contributed by atoms with Crippen LogP contribution < -0.4 is 4.90 Å². The van der Waals surface area contributed by atoms with Gasteiger partial charge in [0.2, 0.25) is 0 Å². The quantitative estimate of drug-likeness (QED) is 0.844. The molecule has 4 nitrogen and oxygen atoms in total. The van der Waals surface area contributed by atoms with Gasteiger partial charge >= 0.3 is 6.18 Å². The van der Waals surface area contributed by atoms with Crippen molar-refractivity contribution in [3.63, 3.8) is 0 Å². The Morgan fingerprint density at radius 1 is 1.15 bits per heavy atom. The number of hydrogen-bond donors (Lipinski definition) is 1. The number of rotatable bonds is 3. The summed E-state index contributed by atoms with van der Waals surface area (Å²) < 4.78 is 39.9. The zero-order chi connectivity index (χ0) is 19.2. The third-order valence-electron chi connectivity index (χ3n) is 5.64. The van der Waals surface area contributed by atoms with Gasteiger partial charge in [0, 0.05) is 41.2 Å². The molecule has 0 radical (unpaired) electrons. The van der Waals surface area contributed by atoms with Crippen molar-refractivity contribution in [2.45, 2.75) is 50.4 Å². The van der Waals surface area contributed by atoms with Crippen LogP contribution in [0.2, 0.25) is 0 Å². The lowest BCUT2D eigenvalue weighted by Crippen LogP contribution is -2.33. The number of fused-ring (bicyclic) bond motifs is 1. The number of aliphatic hydroxyl groups is 1. The highest BCUT2D eigenvalue weighted by molar-refractivity contribution is 5.84. The Morgan fingerprint density at radius 2 is 1.89 bits per heavy atom. The van der Waals surface area contributed by atoms with Gasteiger partial charge in [0.1, 0.15) is 6.54 Å². The second-order valence-electron chi connectivity index (χ2n) is 7.97. The summed E-state index contributed by atoms with van der Waals surface area (Å²) in [6.07, 6.45) is 4.52. The van der Waals surface area contributed by atoms with Gasteiger partial charge in [-0.1, -0.05) is 0 Å². The molecule has 2 heterocycles. The van der Waals surface area contributed by atoms with E-state index in [0.717, 1.165) is 42.3 Å². The lowest BCUT2D eigenvalue weighted by Gasteiger charge is -2.34. The maximum atomic E-state index is 12.6. The summed E-state index contributed by atoms with van der Waals surface area (Å²) in [5.74, 6) is 0. The van der Waals surface area contributed by atoms with Crippen LogP contribution in [-0.2, 0) is 0 Å². The van der Waals surface area contributed by atoms with Crippen LogP contribution in [0.25, 0.3) is 10.9 Å². The van der Waals surface area contributed by atoms with E-state index >= 15 is 0 Å². The first-order valence-electron chi connectivity index (χ1n) is 9.29. The molecule has 27 heavy (non-hydrogen) atoms. The van der Waals surface area contributed by atoms with Gasteiger partial charge in [0.05, 0.1) is 12.3 Å². The van der Waals surface area contributed by atoms with E-state index < -0.39 is 18.3 Å². The van der Waals surface area contributed by atoms with Gasteiger partial charge in [-0.15, -0.1) is 0 Å². The maximum absolute atomic E-state index is 12.6. The fraction of sp³-hybridized carbons (Fsp3) is 0.500. The van der Waals surface area contributed by atoms with E-state index in [4.69, 9.17) is 0 Å². The van der Waals surface area contributed by atoms with Gasteiger partial charge < -0.3 is 19.5 Å². The summed E-state index contributed by atoms with van der Waals surface area (Å²) >= 11 is 0. The minimum atomic E-state index is -4.20. The smallest absolute Gasteiger partial charge is 0.390 e. The Kier molecular flexibility index (Phi) is 4.37. The van der Waals surface area contributed by atoms with E-state index in [1.807, 2.05) is 30.0 Å². The normalized spacial score (nSPS) is 26.3. The molecule has 0 unspecified atom stereocenters. The number of alkyl halides is 3. The molecule has 1 saturated carbocycles. The van der Waals surface area contributed by atoms with Crippen LogP contribution in [-0.4, -0.2) is 39.6 Å². The SMILES string of the molecule is CC1(O)CCC(n2ccc3cc(N4C=CN(CC(F)(F)F)C4)ccc32)CC1. The second-order valence-corrected chi connectivity index (χ2v) is 7.97. The summed E-state index contributed by atoms with van der Waals surface area (Å²) in [5.41, 5.74) is 1.45. The molecule has 1 N–H and O–H groups in total. The molecule has 1 fully saturated rings. The van der Waals surface area contributed by atoms with Crippen molar-refractivity contribution in [1.29, 1.82) is 0 Å². The van der Waals surface area contributed by atoms with E-state index in [1.165, 1.54) is 11.1 Å². The number of halogens is 3. The number of benzene rings is 1. The third kappa shape index (κ3) is 3.93. The zero-order valence-corrected chi connectivity index (χ0v) is 15.3. The Labute approximate surface area is 156 Å². The van der Waals surface area contributed by atoms with Crippen LogP contribution in [0.15, 0.2) is 42.9 Å². The van der Waals surface area contributed by atoms with Crippen LogP contribution in [0.4, 0.5) is 18.9 Å². The molecule has 146 valence electrons. The highest BCUT2D eigenvalue weighted by Gasteiger charge is 2.32. The van der Waals surface area contributed by atoms with Crippen molar-refractivity contribution in [2.24, 2.45) is 0 Å². The van der Waals surface area contributed by atoms with Crippen LogP contribution in [0, 0.1) is 0 Å². The summed E-state index contributed by atoms with van der Waals surface area (Å²) in [5, 5.41) is 11.2. The predicted molar refractivity (Wildman–Crippen MR) is 99.3 cm³/mol. The van der Waals surface area contributed by atoms with Crippen molar-refractivity contribution in [2.75, 3.05) is 18.1 Å². The van der Waals surface area contributed by atoms with Gasteiger partial charge in [0.15, 0.2) is 0 Å². The number of hydrogen-bond acceptors (Lipinski definition) is 3. The van der Waals surface area contributed by atoms with E-state index in [2.05, 4.69) is 16.8 Å². The van der Waals surface area contributed by atoms with Crippen LogP contribution in [0.3, 0.4) is 0 Å². The minimum Gasteiger partial charge on any atom is -0.390 e. The van der Waals surface area contributed by atoms with Crippen molar-refractivity contribution >= 4 is 16.6 Å². The van der Waals surface area contributed by atoms with Crippen LogP contribution in [0.5, 0.6) is 0 Å². The average molecular weight is 379 g/mol. The summed E-state index contributed by atoms with van der Waals surface area (Å²) in [6, 6.07) is 8.45. The molecule has 2 aromatic rings. The Hall–Kier alpha value is -2.15. The van der Waals surface area contributed by atoms with Crippen molar-refractivity contribution in [3.05, 3.63) is 42.9 Å². The van der Waals surface area contributed by atoms with Gasteiger partial charge in [-0.25, -0.2) is 0 Å². The maximum Gasteiger partial charge on any atom is 0.405 e. The standard InChI is InChI=1S/C20H24F3N3O/c1-19(27)7-4-16(5-8-19)26-9-6-15-12-17(2-3-18(15)26)25-11-10-24(14-25)13-20(21,22)23/h2-3,6,9-12,16,27H,4-5,7-8,13-14H2,1H3. The molecular weight excluding hydrogens is 355 g/mol. The largest absolute Gasteiger partial charge is 0.405 e. The predicted octanol–water partition coefficient (Wildman–Crippen LogP) is 4.62. The molecule has 0 atom stereocenters. The van der Waals surface area contributed by atoms with E-state index in [1.54, 1.807) is 6.20 Å². The van der Waals surface area contributed by atoms with E-state index in [0.29, 0.717) is 6.04 Å².